The van der Waals surface area contributed by atoms with Crippen LogP contribution in [0.25, 0.3) is 10.4 Å². The second kappa shape index (κ2) is 11.6. The van der Waals surface area contributed by atoms with Crippen molar-refractivity contribution in [3.8, 4) is 16.2 Å². The molecule has 0 saturated carbocycles. The SMILES string of the molecule is C[C@](N)(CCC(=O)O)c1ncc(-c2ccc(Sc3cccc(OCc4ccccc4)c3)c(C(F)(F)F)c2)s1. The van der Waals surface area contributed by atoms with Crippen LogP contribution in [0.1, 0.15) is 35.9 Å². The molecule has 198 valence electrons. The third-order valence-electron chi connectivity index (χ3n) is 5.70. The highest BCUT2D eigenvalue weighted by atomic mass is 32.2. The largest absolute Gasteiger partial charge is 0.489 e. The zero-order chi connectivity index (χ0) is 27.3. The molecular weight excluding hydrogens is 533 g/mol. The number of hydrogen-bond acceptors (Lipinski definition) is 6. The van der Waals surface area contributed by atoms with Crippen LogP contribution in [-0.2, 0) is 23.1 Å². The number of alkyl halides is 3. The highest BCUT2D eigenvalue weighted by Gasteiger charge is 2.34. The average Bonchev–Trinajstić information content (AvgIpc) is 3.38. The van der Waals surface area contributed by atoms with Gasteiger partial charge in [-0.15, -0.1) is 11.3 Å². The molecule has 0 unspecified atom stereocenters. The van der Waals surface area contributed by atoms with Gasteiger partial charge in [-0.3, -0.25) is 4.79 Å². The molecule has 3 N–H and O–H groups in total. The van der Waals surface area contributed by atoms with Crippen molar-refractivity contribution in [2.24, 2.45) is 5.73 Å². The van der Waals surface area contributed by atoms with E-state index in [4.69, 9.17) is 15.6 Å². The van der Waals surface area contributed by atoms with Crippen molar-refractivity contribution in [1.82, 2.24) is 4.98 Å². The number of carboxylic acids is 1. The van der Waals surface area contributed by atoms with E-state index in [0.29, 0.717) is 32.7 Å². The van der Waals surface area contributed by atoms with Gasteiger partial charge in [-0.2, -0.15) is 13.2 Å². The molecule has 10 heteroatoms. The van der Waals surface area contributed by atoms with E-state index in [-0.39, 0.29) is 17.7 Å². The number of carboxylic acid groups (broad SMARTS) is 1. The van der Waals surface area contributed by atoms with Crippen LogP contribution in [0, 0.1) is 0 Å². The predicted octanol–water partition coefficient (Wildman–Crippen LogP) is 7.60. The number of benzene rings is 3. The number of ether oxygens (including phenoxy) is 1. The van der Waals surface area contributed by atoms with Gasteiger partial charge in [-0.1, -0.05) is 54.2 Å². The van der Waals surface area contributed by atoms with Gasteiger partial charge in [0.05, 0.1) is 16.0 Å². The molecule has 0 aliphatic carbocycles. The van der Waals surface area contributed by atoms with Crippen molar-refractivity contribution >= 4 is 29.1 Å². The topological polar surface area (TPSA) is 85.4 Å². The first-order valence-electron chi connectivity index (χ1n) is 11.6. The van der Waals surface area contributed by atoms with Gasteiger partial charge in [0.15, 0.2) is 0 Å². The lowest BCUT2D eigenvalue weighted by atomic mass is 9.98. The lowest BCUT2D eigenvalue weighted by Crippen LogP contribution is -2.33. The summed E-state index contributed by atoms with van der Waals surface area (Å²) >= 11 is 2.17. The van der Waals surface area contributed by atoms with Crippen molar-refractivity contribution < 1.29 is 27.8 Å². The van der Waals surface area contributed by atoms with Crippen LogP contribution >= 0.6 is 23.1 Å². The third-order valence-corrected chi connectivity index (χ3v) is 8.10. The molecule has 0 aliphatic rings. The van der Waals surface area contributed by atoms with Gasteiger partial charge in [0.25, 0.3) is 0 Å². The molecule has 4 aromatic rings. The van der Waals surface area contributed by atoms with Crippen molar-refractivity contribution in [1.29, 1.82) is 0 Å². The molecular formula is C28H25F3N2O3S2. The van der Waals surface area contributed by atoms with E-state index < -0.39 is 23.2 Å². The van der Waals surface area contributed by atoms with Crippen LogP contribution in [0.15, 0.2) is 88.8 Å². The van der Waals surface area contributed by atoms with Crippen molar-refractivity contribution in [3.05, 3.63) is 95.1 Å². The van der Waals surface area contributed by atoms with Crippen molar-refractivity contribution in [3.63, 3.8) is 0 Å². The van der Waals surface area contributed by atoms with Gasteiger partial charge >= 0.3 is 12.1 Å². The number of thiazole rings is 1. The maximum atomic E-state index is 14.1. The molecule has 1 heterocycles. The van der Waals surface area contributed by atoms with Gasteiger partial charge in [0.2, 0.25) is 0 Å². The monoisotopic (exact) mass is 558 g/mol. The summed E-state index contributed by atoms with van der Waals surface area (Å²) in [4.78, 5) is 16.4. The van der Waals surface area contributed by atoms with E-state index in [2.05, 4.69) is 4.98 Å². The van der Waals surface area contributed by atoms with Crippen LogP contribution in [0.4, 0.5) is 13.2 Å². The molecule has 0 aliphatic heterocycles. The normalized spacial score (nSPS) is 13.2. The standard InChI is InChI=1S/C28H25F3N2O3S2/c1-27(32,13-12-25(34)35)26-33-16-24(38-26)19-10-11-23(22(14-19)28(29,30)31)37-21-9-5-8-20(15-21)36-17-18-6-3-2-4-7-18/h2-11,14-16H,12-13,17,32H2,1H3,(H,34,35)/t27-/m0/s1. The van der Waals surface area contributed by atoms with Crippen LogP contribution < -0.4 is 10.5 Å². The summed E-state index contributed by atoms with van der Waals surface area (Å²) in [7, 11) is 0. The number of aromatic nitrogens is 1. The molecule has 0 saturated heterocycles. The third kappa shape index (κ3) is 7.15. The Bertz CT molecular complexity index is 1410. The Kier molecular flexibility index (Phi) is 8.44. The van der Waals surface area contributed by atoms with E-state index in [1.54, 1.807) is 37.3 Å². The number of hydrogen-bond donors (Lipinski definition) is 2. The van der Waals surface area contributed by atoms with E-state index in [1.165, 1.54) is 12.3 Å². The Hall–Kier alpha value is -3.34. The number of rotatable bonds is 10. The summed E-state index contributed by atoms with van der Waals surface area (Å²) < 4.78 is 48.1. The number of carbonyl (C=O) groups is 1. The van der Waals surface area contributed by atoms with Crippen LogP contribution in [0.2, 0.25) is 0 Å². The van der Waals surface area contributed by atoms with Gasteiger partial charge in [-0.05, 0) is 54.8 Å². The van der Waals surface area contributed by atoms with E-state index in [1.807, 2.05) is 30.3 Å². The Morgan fingerprint density at radius 1 is 1.08 bits per heavy atom. The Labute approximate surface area is 226 Å². The second-order valence-electron chi connectivity index (χ2n) is 8.90. The highest BCUT2D eigenvalue weighted by Crippen LogP contribution is 2.43. The summed E-state index contributed by atoms with van der Waals surface area (Å²) in [5, 5.41) is 9.41. The molecule has 3 aromatic carbocycles. The predicted molar refractivity (Wildman–Crippen MR) is 142 cm³/mol. The Morgan fingerprint density at radius 3 is 2.55 bits per heavy atom. The second-order valence-corrected chi connectivity index (χ2v) is 11.0. The summed E-state index contributed by atoms with van der Waals surface area (Å²) in [6, 6.07) is 20.8. The van der Waals surface area contributed by atoms with Gasteiger partial charge in [-0.25, -0.2) is 4.98 Å². The molecule has 0 bridgehead atoms. The first-order chi connectivity index (χ1) is 18.0. The zero-order valence-corrected chi connectivity index (χ0v) is 22.0. The number of nitrogens with two attached hydrogens (primary N) is 1. The summed E-state index contributed by atoms with van der Waals surface area (Å²) in [6.07, 6.45) is -3.07. The minimum atomic E-state index is -4.57. The van der Waals surface area contributed by atoms with Crippen molar-refractivity contribution in [2.75, 3.05) is 0 Å². The number of aliphatic carboxylic acids is 1. The lowest BCUT2D eigenvalue weighted by Gasteiger charge is -2.20. The molecule has 0 amide bonds. The van der Waals surface area contributed by atoms with E-state index >= 15 is 0 Å². The minimum absolute atomic E-state index is 0.0660. The number of nitrogens with zero attached hydrogens (tertiary/aromatic N) is 1. The molecule has 5 nitrogen and oxygen atoms in total. The van der Waals surface area contributed by atoms with Crippen LogP contribution in [0.5, 0.6) is 5.75 Å². The first kappa shape index (κ1) is 27.7. The van der Waals surface area contributed by atoms with Gasteiger partial charge in [0, 0.05) is 22.4 Å². The van der Waals surface area contributed by atoms with E-state index in [9.17, 15) is 18.0 Å². The molecule has 1 atom stereocenters. The minimum Gasteiger partial charge on any atom is -0.489 e. The Morgan fingerprint density at radius 2 is 1.84 bits per heavy atom. The smallest absolute Gasteiger partial charge is 0.417 e. The molecule has 38 heavy (non-hydrogen) atoms. The summed E-state index contributed by atoms with van der Waals surface area (Å²) in [5.74, 6) is -0.413. The first-order valence-corrected chi connectivity index (χ1v) is 13.3. The lowest BCUT2D eigenvalue weighted by molar-refractivity contribution is -0.140. The fraction of sp³-hybridized carbons (Fsp3) is 0.214. The maximum absolute atomic E-state index is 14.1. The van der Waals surface area contributed by atoms with E-state index in [0.717, 1.165) is 34.7 Å². The fourth-order valence-corrected chi connectivity index (χ4v) is 5.63. The summed E-state index contributed by atoms with van der Waals surface area (Å²) in [6.45, 7) is 2.02. The molecule has 0 radical (unpaired) electrons. The fourth-order valence-electron chi connectivity index (χ4n) is 3.63. The molecule has 4 rings (SSSR count). The maximum Gasteiger partial charge on any atom is 0.417 e. The quantitative estimate of drug-likeness (QED) is 0.209. The van der Waals surface area contributed by atoms with Crippen LogP contribution in [-0.4, -0.2) is 16.1 Å². The zero-order valence-electron chi connectivity index (χ0n) is 20.4. The van der Waals surface area contributed by atoms with Crippen molar-refractivity contribution in [2.45, 2.75) is 47.9 Å². The average molecular weight is 559 g/mol. The molecule has 1 aromatic heterocycles. The molecule has 0 fully saturated rings. The number of halogens is 3. The molecule has 0 spiro atoms. The highest BCUT2D eigenvalue weighted by molar-refractivity contribution is 7.99. The summed E-state index contributed by atoms with van der Waals surface area (Å²) in [5.41, 5.74) is 5.83. The van der Waals surface area contributed by atoms with Gasteiger partial charge in [0.1, 0.15) is 17.4 Å². The van der Waals surface area contributed by atoms with Crippen LogP contribution in [0.3, 0.4) is 0 Å². The van der Waals surface area contributed by atoms with Gasteiger partial charge < -0.3 is 15.6 Å². The Balaban J connectivity index is 1.55.